The second-order valence-corrected chi connectivity index (χ2v) is 12.0. The molecule has 0 aromatic heterocycles. The van der Waals surface area contributed by atoms with E-state index in [2.05, 4.69) is 0 Å². The van der Waals surface area contributed by atoms with Crippen LogP contribution in [0.5, 0.6) is 0 Å². The Hall–Kier alpha value is -1.99. The minimum atomic E-state index is -4.22. The molecule has 0 saturated heterocycles. The van der Waals surface area contributed by atoms with E-state index in [1.165, 1.54) is 24.3 Å². The van der Waals surface area contributed by atoms with Crippen LogP contribution < -0.4 is 0 Å². The van der Waals surface area contributed by atoms with Gasteiger partial charge < -0.3 is 4.79 Å². The average molecular weight is 409 g/mol. The largest absolute Gasteiger partial charge is 0.303 e. The smallest absolute Gasteiger partial charge is 0.195 e. The third kappa shape index (κ3) is 4.65. The lowest BCUT2D eigenvalue weighted by Crippen LogP contribution is -2.36. The van der Waals surface area contributed by atoms with Gasteiger partial charge in [-0.1, -0.05) is 57.2 Å². The van der Waals surface area contributed by atoms with Gasteiger partial charge in [0.1, 0.15) is 6.29 Å². The van der Waals surface area contributed by atoms with Crippen molar-refractivity contribution in [1.29, 1.82) is 0 Å². The van der Waals surface area contributed by atoms with Crippen LogP contribution in [0.2, 0.25) is 0 Å². The van der Waals surface area contributed by atoms with Crippen LogP contribution in [0.15, 0.2) is 70.5 Å². The Balaban J connectivity index is 2.64. The van der Waals surface area contributed by atoms with Crippen LogP contribution in [0, 0.1) is 11.3 Å². The van der Waals surface area contributed by atoms with Gasteiger partial charge in [-0.15, -0.1) is 0 Å². The van der Waals surface area contributed by atoms with Crippen LogP contribution in [-0.2, 0) is 24.5 Å². The first-order chi connectivity index (χ1) is 12.5. The minimum absolute atomic E-state index is 0.0759. The van der Waals surface area contributed by atoms with E-state index < -0.39 is 35.6 Å². The first-order valence-corrected chi connectivity index (χ1v) is 11.6. The first-order valence-electron chi connectivity index (χ1n) is 8.54. The molecule has 2 rings (SSSR count). The molecule has 0 fully saturated rings. The third-order valence-electron chi connectivity index (χ3n) is 4.56. The molecule has 0 saturated carbocycles. The number of aldehydes is 1. The number of carbonyl (C=O) groups is 1. The normalized spacial score (nSPS) is 14.1. The molecule has 0 aliphatic heterocycles. The Morgan fingerprint density at radius 1 is 0.778 bits per heavy atom. The Bertz CT molecular complexity index is 904. The van der Waals surface area contributed by atoms with Crippen LogP contribution in [0.3, 0.4) is 0 Å². The molecule has 1 unspecified atom stereocenters. The maximum atomic E-state index is 13.2. The van der Waals surface area contributed by atoms with E-state index in [-0.39, 0.29) is 16.2 Å². The summed E-state index contributed by atoms with van der Waals surface area (Å²) in [5.74, 6) is -0.737. The van der Waals surface area contributed by atoms with Gasteiger partial charge in [0.25, 0.3) is 0 Å². The van der Waals surface area contributed by atoms with E-state index in [1.54, 1.807) is 57.2 Å². The zero-order chi connectivity index (χ0) is 20.3. The summed E-state index contributed by atoms with van der Waals surface area (Å²) in [5.41, 5.74) is -0.571. The van der Waals surface area contributed by atoms with E-state index in [0.29, 0.717) is 6.29 Å². The van der Waals surface area contributed by atoms with Crippen LogP contribution >= 0.6 is 0 Å². The number of hydrogen-bond donors (Lipinski definition) is 0. The number of sulfone groups is 2. The second-order valence-electron chi connectivity index (χ2n) is 7.49. The van der Waals surface area contributed by atoms with Crippen molar-refractivity contribution in [3.05, 3.63) is 60.7 Å². The van der Waals surface area contributed by atoms with Crippen molar-refractivity contribution >= 4 is 26.0 Å². The molecule has 7 heteroatoms. The average Bonchev–Trinajstić information content (AvgIpc) is 2.62. The van der Waals surface area contributed by atoms with Gasteiger partial charge >= 0.3 is 0 Å². The lowest BCUT2D eigenvalue weighted by Gasteiger charge is -2.29. The van der Waals surface area contributed by atoms with Gasteiger partial charge in [0.05, 0.1) is 9.79 Å². The van der Waals surface area contributed by atoms with E-state index in [4.69, 9.17) is 0 Å². The maximum Gasteiger partial charge on any atom is 0.195 e. The number of rotatable bonds is 7. The van der Waals surface area contributed by atoms with Crippen molar-refractivity contribution < 1.29 is 21.6 Å². The quantitative estimate of drug-likeness (QED) is 0.655. The molecule has 2 aromatic rings. The lowest BCUT2D eigenvalue weighted by atomic mass is 9.80. The zero-order valence-corrected chi connectivity index (χ0v) is 17.2. The zero-order valence-electron chi connectivity index (χ0n) is 15.6. The summed E-state index contributed by atoms with van der Waals surface area (Å²) in [6.07, 6.45) is 0.343. The summed E-state index contributed by atoms with van der Waals surface area (Å²) < 4.78 is 51.2. The van der Waals surface area contributed by atoms with Gasteiger partial charge in [-0.25, -0.2) is 16.8 Å². The first kappa shape index (κ1) is 21.3. The SMILES string of the molecule is CC(C)(C)C(C=O)CC(S(=O)(=O)c1ccccc1)S(=O)(=O)c1ccccc1. The minimum Gasteiger partial charge on any atom is -0.303 e. The topological polar surface area (TPSA) is 85.3 Å². The molecule has 0 spiro atoms. The summed E-state index contributed by atoms with van der Waals surface area (Å²) in [5, 5.41) is 0. The highest BCUT2D eigenvalue weighted by Crippen LogP contribution is 2.35. The molecule has 0 aliphatic rings. The summed E-state index contributed by atoms with van der Waals surface area (Å²) in [6.45, 7) is 5.36. The van der Waals surface area contributed by atoms with Gasteiger partial charge in [-0.2, -0.15) is 0 Å². The molecule has 0 N–H and O–H groups in total. The van der Waals surface area contributed by atoms with Crippen LogP contribution in [0.4, 0.5) is 0 Å². The molecule has 2 aromatic carbocycles. The molecule has 27 heavy (non-hydrogen) atoms. The Morgan fingerprint density at radius 2 is 1.15 bits per heavy atom. The van der Waals surface area contributed by atoms with Gasteiger partial charge in [-0.3, -0.25) is 0 Å². The Labute approximate surface area is 161 Å². The van der Waals surface area contributed by atoms with Crippen molar-refractivity contribution in [3.8, 4) is 0 Å². The van der Waals surface area contributed by atoms with E-state index in [0.717, 1.165) is 0 Å². The molecule has 0 bridgehead atoms. The van der Waals surface area contributed by atoms with Crippen molar-refractivity contribution in [2.24, 2.45) is 11.3 Å². The van der Waals surface area contributed by atoms with Crippen molar-refractivity contribution in [3.63, 3.8) is 0 Å². The standard InChI is InChI=1S/C20H24O5S2/c1-20(2,3)16(15-21)14-19(26(22,23)17-10-6-4-7-11-17)27(24,25)18-12-8-5-9-13-18/h4-13,15-16,19H,14H2,1-3H3. The Morgan fingerprint density at radius 3 is 1.44 bits per heavy atom. The summed E-state index contributed by atoms with van der Waals surface area (Å²) in [7, 11) is -8.44. The van der Waals surface area contributed by atoms with Crippen molar-refractivity contribution in [2.45, 2.75) is 41.6 Å². The molecule has 0 radical (unpaired) electrons. The van der Waals surface area contributed by atoms with Gasteiger partial charge in [-0.05, 0) is 36.1 Å². The highest BCUT2D eigenvalue weighted by molar-refractivity contribution is 8.09. The van der Waals surface area contributed by atoms with Gasteiger partial charge in [0.15, 0.2) is 24.3 Å². The molecular weight excluding hydrogens is 384 g/mol. The molecule has 1 atom stereocenters. The maximum absolute atomic E-state index is 13.2. The number of benzene rings is 2. The van der Waals surface area contributed by atoms with Crippen LogP contribution in [-0.4, -0.2) is 27.7 Å². The highest BCUT2D eigenvalue weighted by atomic mass is 32.3. The molecule has 146 valence electrons. The van der Waals surface area contributed by atoms with Gasteiger partial charge in [0.2, 0.25) is 0 Å². The van der Waals surface area contributed by atoms with Gasteiger partial charge in [0, 0.05) is 5.92 Å². The molecule has 0 amide bonds. The van der Waals surface area contributed by atoms with Crippen molar-refractivity contribution in [2.75, 3.05) is 0 Å². The molecular formula is C20H24O5S2. The lowest BCUT2D eigenvalue weighted by molar-refractivity contribution is -0.113. The number of carbonyl (C=O) groups excluding carboxylic acids is 1. The van der Waals surface area contributed by atoms with Crippen LogP contribution in [0.1, 0.15) is 27.2 Å². The van der Waals surface area contributed by atoms with E-state index in [1.807, 2.05) is 0 Å². The predicted octanol–water partition coefficient (Wildman–Crippen LogP) is 3.51. The fourth-order valence-electron chi connectivity index (χ4n) is 2.76. The summed E-state index contributed by atoms with van der Waals surface area (Å²) in [4.78, 5) is 11.5. The summed E-state index contributed by atoms with van der Waals surface area (Å²) in [6, 6.07) is 15.0. The summed E-state index contributed by atoms with van der Waals surface area (Å²) >= 11 is 0. The monoisotopic (exact) mass is 408 g/mol. The van der Waals surface area contributed by atoms with E-state index >= 15 is 0 Å². The van der Waals surface area contributed by atoms with Crippen molar-refractivity contribution in [1.82, 2.24) is 0 Å². The fraction of sp³-hybridized carbons (Fsp3) is 0.350. The molecule has 5 nitrogen and oxygen atoms in total. The Kier molecular flexibility index (Phi) is 6.27. The van der Waals surface area contributed by atoms with Crippen LogP contribution in [0.25, 0.3) is 0 Å². The molecule has 0 heterocycles. The third-order valence-corrected chi connectivity index (χ3v) is 9.71. The highest BCUT2D eigenvalue weighted by Gasteiger charge is 2.43. The fourth-order valence-corrected chi connectivity index (χ4v) is 7.37. The molecule has 0 aliphatic carbocycles. The van der Waals surface area contributed by atoms with E-state index in [9.17, 15) is 21.6 Å². The predicted molar refractivity (Wildman–Crippen MR) is 105 cm³/mol. The number of hydrogen-bond acceptors (Lipinski definition) is 5. The second kappa shape index (κ2) is 7.94.